The molecule has 0 saturated carbocycles. The zero-order valence-electron chi connectivity index (χ0n) is 16.7. The molecule has 0 unspecified atom stereocenters. The first-order chi connectivity index (χ1) is 12.6. The van der Waals surface area contributed by atoms with Gasteiger partial charge in [-0.25, -0.2) is 4.57 Å². The van der Waals surface area contributed by atoms with E-state index >= 15 is 0 Å². The minimum atomic E-state index is -4.28. The van der Waals surface area contributed by atoms with Crippen LogP contribution in [0.4, 0.5) is 0 Å². The second-order valence-electron chi connectivity index (χ2n) is 6.92. The number of phosphoric acid groups is 1. The molecular formula is C19H41O4PS2. The fourth-order valence-corrected chi connectivity index (χ4v) is 5.35. The highest BCUT2D eigenvalue weighted by atomic mass is 33.1. The van der Waals surface area contributed by atoms with Crippen LogP contribution in [0, 0.1) is 0 Å². The van der Waals surface area contributed by atoms with Crippen LogP contribution in [0.25, 0.3) is 0 Å². The van der Waals surface area contributed by atoms with Crippen molar-refractivity contribution in [3.05, 3.63) is 0 Å². The summed E-state index contributed by atoms with van der Waals surface area (Å²) in [6.07, 6.45) is 20.2. The molecule has 0 saturated heterocycles. The predicted molar refractivity (Wildman–Crippen MR) is 118 cm³/mol. The van der Waals surface area contributed by atoms with Crippen LogP contribution >= 0.6 is 29.4 Å². The highest BCUT2D eigenvalue weighted by Crippen LogP contribution is 2.36. The third kappa shape index (κ3) is 24.8. The van der Waals surface area contributed by atoms with Crippen molar-refractivity contribution in [2.75, 3.05) is 18.1 Å². The molecule has 0 aliphatic rings. The van der Waals surface area contributed by atoms with E-state index in [1.54, 1.807) is 10.8 Å². The lowest BCUT2D eigenvalue weighted by atomic mass is 10.0. The molecule has 4 nitrogen and oxygen atoms in total. The molecule has 26 heavy (non-hydrogen) atoms. The van der Waals surface area contributed by atoms with E-state index in [2.05, 4.69) is 11.4 Å². The molecule has 0 spiro atoms. The van der Waals surface area contributed by atoms with Crippen molar-refractivity contribution in [2.45, 2.75) is 103 Å². The van der Waals surface area contributed by atoms with E-state index in [4.69, 9.17) is 9.79 Å². The summed E-state index contributed by atoms with van der Waals surface area (Å²) < 4.78 is 14.9. The Morgan fingerprint density at radius 2 is 1.04 bits per heavy atom. The van der Waals surface area contributed by atoms with Crippen LogP contribution < -0.4 is 0 Å². The molecule has 158 valence electrons. The lowest BCUT2D eigenvalue weighted by Crippen LogP contribution is -1.93. The Balaban J connectivity index is 3.02. The molecule has 2 N–H and O–H groups in total. The van der Waals surface area contributed by atoms with Crippen molar-refractivity contribution in [1.29, 1.82) is 0 Å². The van der Waals surface area contributed by atoms with Crippen LogP contribution in [0.1, 0.15) is 103 Å². The summed E-state index contributed by atoms with van der Waals surface area (Å²) in [5, 5.41) is 0. The fraction of sp³-hybridized carbons (Fsp3) is 1.00. The first-order valence-corrected chi connectivity index (χ1v) is 14.5. The smallest absolute Gasteiger partial charge is 0.303 e. The van der Waals surface area contributed by atoms with Crippen LogP contribution in [-0.2, 0) is 9.09 Å². The summed E-state index contributed by atoms with van der Waals surface area (Å²) in [5.41, 5.74) is 0. The normalized spacial score (nSPS) is 12.0. The Morgan fingerprint density at radius 3 is 1.46 bits per heavy atom. The maximum absolute atomic E-state index is 10.5. The molecule has 0 aliphatic carbocycles. The summed E-state index contributed by atoms with van der Waals surface area (Å²) >= 11 is 0. The van der Waals surface area contributed by atoms with Crippen LogP contribution in [0.5, 0.6) is 0 Å². The SMILES string of the molecule is CCCCCCCCCCCCCCCCSSCCCOP(=O)(O)O. The minimum Gasteiger partial charge on any atom is -0.303 e. The molecule has 0 radical (unpaired) electrons. The Hall–Kier alpha value is 0.810. The molecule has 0 amide bonds. The van der Waals surface area contributed by atoms with Gasteiger partial charge in [-0.3, -0.25) is 4.52 Å². The minimum absolute atomic E-state index is 0.136. The van der Waals surface area contributed by atoms with Gasteiger partial charge in [-0.15, -0.1) is 0 Å². The highest BCUT2D eigenvalue weighted by Gasteiger charge is 2.12. The average molecular weight is 429 g/mol. The monoisotopic (exact) mass is 428 g/mol. The standard InChI is InChI=1S/C19H41O4PS2/c1-2-3-4-5-6-7-8-9-10-11-12-13-14-15-18-25-26-19-16-17-23-24(20,21)22/h2-19H2,1H3,(H2,20,21,22). The molecule has 0 rings (SSSR count). The molecule has 0 heterocycles. The highest BCUT2D eigenvalue weighted by molar-refractivity contribution is 8.76. The van der Waals surface area contributed by atoms with E-state index in [-0.39, 0.29) is 6.61 Å². The Kier molecular flexibility index (Phi) is 21.2. The van der Waals surface area contributed by atoms with Crippen LogP contribution in [0.3, 0.4) is 0 Å². The van der Waals surface area contributed by atoms with Crippen LogP contribution in [0.15, 0.2) is 0 Å². The molecule has 0 aromatic carbocycles. The third-order valence-corrected chi connectivity index (χ3v) is 7.39. The largest absolute Gasteiger partial charge is 0.469 e. The molecule has 7 heteroatoms. The van der Waals surface area contributed by atoms with Gasteiger partial charge in [0.05, 0.1) is 6.61 Å². The summed E-state index contributed by atoms with van der Waals surface area (Å²) in [6, 6.07) is 0. The molecule has 0 aromatic heterocycles. The maximum Gasteiger partial charge on any atom is 0.469 e. The number of unbranched alkanes of at least 4 members (excludes halogenated alkanes) is 13. The van der Waals surface area contributed by atoms with Gasteiger partial charge in [0.2, 0.25) is 0 Å². The van der Waals surface area contributed by atoms with E-state index in [1.165, 1.54) is 95.6 Å². The van der Waals surface area contributed by atoms with E-state index in [0.717, 1.165) is 5.75 Å². The van der Waals surface area contributed by atoms with Gasteiger partial charge in [0.15, 0.2) is 0 Å². The summed E-state index contributed by atoms with van der Waals surface area (Å²) in [4.78, 5) is 17.1. The summed E-state index contributed by atoms with van der Waals surface area (Å²) in [6.45, 7) is 2.41. The topological polar surface area (TPSA) is 66.8 Å². The van der Waals surface area contributed by atoms with E-state index in [1.807, 2.05) is 10.8 Å². The maximum atomic E-state index is 10.5. The van der Waals surface area contributed by atoms with Gasteiger partial charge < -0.3 is 9.79 Å². The van der Waals surface area contributed by atoms with E-state index in [9.17, 15) is 4.57 Å². The predicted octanol–water partition coefficient (Wildman–Crippen LogP) is 7.35. The van der Waals surface area contributed by atoms with Crippen LogP contribution in [-0.4, -0.2) is 27.9 Å². The van der Waals surface area contributed by atoms with Crippen molar-refractivity contribution in [3.63, 3.8) is 0 Å². The quantitative estimate of drug-likeness (QED) is 0.113. The van der Waals surface area contributed by atoms with Gasteiger partial charge >= 0.3 is 7.82 Å². The van der Waals surface area contributed by atoms with Crippen molar-refractivity contribution in [2.24, 2.45) is 0 Å². The van der Waals surface area contributed by atoms with Gasteiger partial charge in [-0.2, -0.15) is 0 Å². The Labute approximate surface area is 169 Å². The van der Waals surface area contributed by atoms with Crippen molar-refractivity contribution in [3.8, 4) is 0 Å². The summed E-state index contributed by atoms with van der Waals surface area (Å²) in [5.74, 6) is 2.05. The zero-order valence-corrected chi connectivity index (χ0v) is 19.2. The van der Waals surface area contributed by atoms with E-state index < -0.39 is 7.82 Å². The third-order valence-electron chi connectivity index (χ3n) is 4.30. The van der Waals surface area contributed by atoms with Gasteiger partial charge in [-0.05, 0) is 12.8 Å². The number of rotatable bonds is 21. The second-order valence-corrected chi connectivity index (χ2v) is 10.9. The molecule has 0 fully saturated rings. The Morgan fingerprint density at radius 1 is 0.654 bits per heavy atom. The fourth-order valence-electron chi connectivity index (χ4n) is 2.77. The van der Waals surface area contributed by atoms with Gasteiger partial charge in [0.25, 0.3) is 0 Å². The first-order valence-electron chi connectivity index (χ1n) is 10.5. The van der Waals surface area contributed by atoms with Gasteiger partial charge in [0.1, 0.15) is 0 Å². The molecule has 0 bridgehead atoms. The number of hydrogen-bond donors (Lipinski definition) is 2. The molecule has 0 aliphatic heterocycles. The number of hydrogen-bond acceptors (Lipinski definition) is 4. The van der Waals surface area contributed by atoms with Crippen molar-refractivity contribution in [1.82, 2.24) is 0 Å². The number of phosphoric ester groups is 1. The van der Waals surface area contributed by atoms with E-state index in [0.29, 0.717) is 6.42 Å². The van der Waals surface area contributed by atoms with Crippen LogP contribution in [0.2, 0.25) is 0 Å². The lowest BCUT2D eigenvalue weighted by molar-refractivity contribution is 0.198. The molecule has 0 aromatic rings. The van der Waals surface area contributed by atoms with Crippen molar-refractivity contribution >= 4 is 29.4 Å². The average Bonchev–Trinajstić information content (AvgIpc) is 2.59. The molecular weight excluding hydrogens is 387 g/mol. The van der Waals surface area contributed by atoms with Crippen molar-refractivity contribution < 1.29 is 18.9 Å². The zero-order chi connectivity index (χ0) is 19.3. The second kappa shape index (κ2) is 20.5. The lowest BCUT2D eigenvalue weighted by Gasteiger charge is -2.05. The first kappa shape index (κ1) is 26.8. The van der Waals surface area contributed by atoms with Gasteiger partial charge in [0, 0.05) is 11.5 Å². The van der Waals surface area contributed by atoms with Gasteiger partial charge in [-0.1, -0.05) is 112 Å². The Bertz CT molecular complexity index is 327. The summed E-state index contributed by atoms with van der Waals surface area (Å²) in [7, 11) is -0.640. The molecule has 0 atom stereocenters.